The molecule has 2 aliphatic heterocycles. The van der Waals surface area contributed by atoms with Crippen molar-refractivity contribution in [3.05, 3.63) is 71.4 Å². The van der Waals surface area contributed by atoms with E-state index in [2.05, 4.69) is 36.9 Å². The van der Waals surface area contributed by atoms with E-state index in [1.807, 2.05) is 24.1 Å². The second-order valence-electron chi connectivity index (χ2n) is 9.46. The van der Waals surface area contributed by atoms with E-state index in [0.717, 1.165) is 55.0 Å². The van der Waals surface area contributed by atoms with Crippen molar-refractivity contribution in [3.63, 3.8) is 0 Å². The summed E-state index contributed by atoms with van der Waals surface area (Å²) in [6, 6.07) is 14.9. The standard InChI is InChI=1S/C26H29N3O2/c1-17-26(28-24(27)29(17)2)22-15-21(30-16-18-7-8-18)9-10-23(22)31-25(26)13-11-19-5-3-4-6-20(19)12-14-25/h3-6,9-10,15,18H,1,7-8,11-14,16H2,2H3,(H2,27,28). The molecule has 1 saturated carbocycles. The number of likely N-dealkylation sites (N-methyl/N-ethyl adjacent to an activating group) is 1. The van der Waals surface area contributed by atoms with Gasteiger partial charge in [-0.2, -0.15) is 0 Å². The van der Waals surface area contributed by atoms with E-state index in [-0.39, 0.29) is 0 Å². The third-order valence-corrected chi connectivity index (χ3v) is 7.65. The Morgan fingerprint density at radius 1 is 1.16 bits per heavy atom. The monoisotopic (exact) mass is 415 g/mol. The number of fused-ring (bicyclic) bond motifs is 4. The SMILES string of the molecule is C=C1N(C)C(N)=NC12c1cc(OCC3CC3)ccc1OC21CCc2ccccc2CC1. The Hall–Kier alpha value is -2.95. The fourth-order valence-corrected chi connectivity index (χ4v) is 5.58. The molecular weight excluding hydrogens is 386 g/mol. The number of hydrogen-bond donors (Lipinski definition) is 1. The molecule has 1 atom stereocenters. The van der Waals surface area contributed by atoms with E-state index in [1.54, 1.807) is 0 Å². The molecule has 6 rings (SSSR count). The van der Waals surface area contributed by atoms with Gasteiger partial charge in [-0.3, -0.25) is 0 Å². The zero-order chi connectivity index (χ0) is 21.2. The van der Waals surface area contributed by atoms with Crippen LogP contribution in [-0.4, -0.2) is 30.1 Å². The Labute approximate surface area is 183 Å². The number of hydrogen-bond acceptors (Lipinski definition) is 5. The molecule has 4 aliphatic rings. The minimum atomic E-state index is -0.720. The van der Waals surface area contributed by atoms with Gasteiger partial charge in [-0.05, 0) is 73.8 Å². The van der Waals surface area contributed by atoms with Crippen LogP contribution in [0.2, 0.25) is 0 Å². The number of rotatable bonds is 3. The molecule has 2 aromatic rings. The molecule has 2 aliphatic carbocycles. The smallest absolute Gasteiger partial charge is 0.196 e. The van der Waals surface area contributed by atoms with Gasteiger partial charge >= 0.3 is 0 Å². The molecule has 2 N–H and O–H groups in total. The highest BCUT2D eigenvalue weighted by molar-refractivity contribution is 5.85. The minimum Gasteiger partial charge on any atom is -0.493 e. The Morgan fingerprint density at radius 2 is 1.87 bits per heavy atom. The first-order valence-corrected chi connectivity index (χ1v) is 11.3. The number of aryl methyl sites for hydroxylation is 2. The molecule has 2 heterocycles. The zero-order valence-electron chi connectivity index (χ0n) is 18.1. The van der Waals surface area contributed by atoms with Crippen LogP contribution in [0, 0.1) is 5.92 Å². The summed E-state index contributed by atoms with van der Waals surface area (Å²) in [7, 11) is 1.94. The molecule has 5 nitrogen and oxygen atoms in total. The van der Waals surface area contributed by atoms with Gasteiger partial charge in [0.2, 0.25) is 0 Å². The van der Waals surface area contributed by atoms with Gasteiger partial charge in [0.15, 0.2) is 11.5 Å². The van der Waals surface area contributed by atoms with Crippen molar-refractivity contribution < 1.29 is 9.47 Å². The summed E-state index contributed by atoms with van der Waals surface area (Å²) in [5.74, 6) is 2.94. The fraction of sp³-hybridized carbons (Fsp3) is 0.423. The van der Waals surface area contributed by atoms with Crippen LogP contribution in [0.1, 0.15) is 42.4 Å². The second-order valence-corrected chi connectivity index (χ2v) is 9.46. The van der Waals surface area contributed by atoms with E-state index < -0.39 is 11.1 Å². The number of ether oxygens (including phenoxy) is 2. The normalized spacial score (nSPS) is 25.8. The van der Waals surface area contributed by atoms with Crippen LogP contribution < -0.4 is 15.2 Å². The largest absolute Gasteiger partial charge is 0.493 e. The van der Waals surface area contributed by atoms with E-state index in [1.165, 1.54) is 24.0 Å². The molecule has 1 unspecified atom stereocenters. The first-order chi connectivity index (χ1) is 15.0. The summed E-state index contributed by atoms with van der Waals surface area (Å²) in [5, 5.41) is 0. The Morgan fingerprint density at radius 3 is 2.48 bits per heavy atom. The van der Waals surface area contributed by atoms with E-state index >= 15 is 0 Å². The molecule has 5 heteroatoms. The molecule has 160 valence electrons. The summed E-state index contributed by atoms with van der Waals surface area (Å²) in [6.07, 6.45) is 6.15. The lowest BCUT2D eigenvalue weighted by atomic mass is 9.71. The number of nitrogens with zero attached hydrogens (tertiary/aromatic N) is 2. The quantitative estimate of drug-likeness (QED) is 0.818. The molecule has 0 bridgehead atoms. The molecule has 1 fully saturated rings. The van der Waals surface area contributed by atoms with Crippen molar-refractivity contribution in [1.29, 1.82) is 0 Å². The third-order valence-electron chi connectivity index (χ3n) is 7.65. The topological polar surface area (TPSA) is 60.1 Å². The summed E-state index contributed by atoms with van der Waals surface area (Å²) in [6.45, 7) is 5.25. The van der Waals surface area contributed by atoms with Crippen LogP contribution in [0.15, 0.2) is 59.7 Å². The zero-order valence-corrected chi connectivity index (χ0v) is 18.1. The highest BCUT2D eigenvalue weighted by Crippen LogP contribution is 2.60. The van der Waals surface area contributed by atoms with Crippen molar-refractivity contribution in [2.45, 2.75) is 49.7 Å². The Balaban J connectivity index is 1.45. The Kier molecular flexibility index (Phi) is 3.95. The summed E-state index contributed by atoms with van der Waals surface area (Å²) in [4.78, 5) is 7.01. The van der Waals surface area contributed by atoms with E-state index in [9.17, 15) is 0 Å². The van der Waals surface area contributed by atoms with Gasteiger partial charge in [0.25, 0.3) is 0 Å². The number of nitrogens with two attached hydrogens (primary N) is 1. The molecule has 31 heavy (non-hydrogen) atoms. The molecule has 2 aromatic carbocycles. The molecule has 0 radical (unpaired) electrons. The third kappa shape index (κ3) is 2.65. The van der Waals surface area contributed by atoms with Crippen LogP contribution in [0.4, 0.5) is 0 Å². The van der Waals surface area contributed by atoms with Gasteiger partial charge in [-0.25, -0.2) is 4.99 Å². The fourth-order valence-electron chi connectivity index (χ4n) is 5.58. The molecule has 0 aromatic heterocycles. The summed E-state index contributed by atoms with van der Waals surface area (Å²) < 4.78 is 13.0. The van der Waals surface area contributed by atoms with E-state index in [4.69, 9.17) is 20.2 Å². The highest BCUT2D eigenvalue weighted by Gasteiger charge is 2.65. The van der Waals surface area contributed by atoms with E-state index in [0.29, 0.717) is 11.9 Å². The summed E-state index contributed by atoms with van der Waals surface area (Å²) >= 11 is 0. The van der Waals surface area contributed by atoms with Gasteiger partial charge in [-0.1, -0.05) is 30.8 Å². The Bertz CT molecular complexity index is 1080. The van der Waals surface area contributed by atoms with Crippen molar-refractivity contribution in [2.24, 2.45) is 16.6 Å². The van der Waals surface area contributed by atoms with Gasteiger partial charge in [0.1, 0.15) is 17.1 Å². The van der Waals surface area contributed by atoms with Crippen LogP contribution in [-0.2, 0) is 18.4 Å². The van der Waals surface area contributed by atoms with Gasteiger partial charge < -0.3 is 20.1 Å². The van der Waals surface area contributed by atoms with Gasteiger partial charge in [0.05, 0.1) is 6.61 Å². The van der Waals surface area contributed by atoms with Crippen molar-refractivity contribution in [3.8, 4) is 11.5 Å². The first kappa shape index (κ1) is 18.8. The molecule has 2 spiro atoms. The maximum atomic E-state index is 6.84. The van der Waals surface area contributed by atoms with Crippen LogP contribution in [0.5, 0.6) is 11.5 Å². The lowest BCUT2D eigenvalue weighted by molar-refractivity contribution is 0.0191. The lowest BCUT2D eigenvalue weighted by Crippen LogP contribution is -2.51. The average molecular weight is 416 g/mol. The first-order valence-electron chi connectivity index (χ1n) is 11.3. The maximum absolute atomic E-state index is 6.84. The van der Waals surface area contributed by atoms with Crippen molar-refractivity contribution in [2.75, 3.05) is 13.7 Å². The van der Waals surface area contributed by atoms with Crippen LogP contribution >= 0.6 is 0 Å². The maximum Gasteiger partial charge on any atom is 0.196 e. The molecule has 0 amide bonds. The van der Waals surface area contributed by atoms with Crippen LogP contribution in [0.3, 0.4) is 0 Å². The molecular formula is C26H29N3O2. The average Bonchev–Trinajstić information content (AvgIpc) is 3.56. The van der Waals surface area contributed by atoms with Crippen LogP contribution in [0.25, 0.3) is 0 Å². The summed E-state index contributed by atoms with van der Waals surface area (Å²) in [5.41, 5.74) is 9.84. The van der Waals surface area contributed by atoms with Gasteiger partial charge in [0, 0.05) is 18.3 Å². The number of guanidine groups is 1. The lowest BCUT2D eigenvalue weighted by Gasteiger charge is -2.40. The van der Waals surface area contributed by atoms with Crippen molar-refractivity contribution in [1.82, 2.24) is 4.90 Å². The number of benzene rings is 2. The second kappa shape index (κ2) is 6.52. The minimum absolute atomic E-state index is 0.492. The highest BCUT2D eigenvalue weighted by atomic mass is 16.5. The van der Waals surface area contributed by atoms with Crippen molar-refractivity contribution >= 4 is 5.96 Å². The van der Waals surface area contributed by atoms with Gasteiger partial charge in [-0.15, -0.1) is 0 Å². The molecule has 0 saturated heterocycles. The predicted molar refractivity (Wildman–Crippen MR) is 121 cm³/mol. The number of aliphatic imine (C=N–C) groups is 1. The predicted octanol–water partition coefficient (Wildman–Crippen LogP) is 4.15.